The summed E-state index contributed by atoms with van der Waals surface area (Å²) in [4.78, 5) is 5.10. The molecular formula is C25H22N2. The molecule has 4 aromatic carbocycles. The Labute approximate surface area is 159 Å². The molecule has 0 spiro atoms. The van der Waals surface area contributed by atoms with Crippen LogP contribution in [0.1, 0.15) is 19.8 Å². The third kappa shape index (κ3) is 2.60. The van der Waals surface area contributed by atoms with Gasteiger partial charge in [-0.05, 0) is 46.2 Å². The second kappa shape index (κ2) is 6.55. The molecule has 0 radical (unpaired) electrons. The molecule has 132 valence electrons. The third-order valence-corrected chi connectivity index (χ3v) is 5.38. The molecule has 0 amide bonds. The van der Waals surface area contributed by atoms with Gasteiger partial charge in [0.25, 0.3) is 0 Å². The highest BCUT2D eigenvalue weighted by Crippen LogP contribution is 2.37. The zero-order valence-corrected chi connectivity index (χ0v) is 15.5. The van der Waals surface area contributed by atoms with Crippen molar-refractivity contribution in [1.29, 1.82) is 0 Å². The number of nitrogens with zero attached hydrogens (tertiary/aromatic N) is 2. The van der Waals surface area contributed by atoms with Gasteiger partial charge in [-0.2, -0.15) is 0 Å². The van der Waals surface area contributed by atoms with E-state index in [1.165, 1.54) is 39.0 Å². The number of aromatic nitrogens is 2. The maximum absolute atomic E-state index is 5.10. The van der Waals surface area contributed by atoms with Gasteiger partial charge in [0, 0.05) is 12.1 Å². The molecule has 0 aliphatic heterocycles. The van der Waals surface area contributed by atoms with Crippen LogP contribution in [0.2, 0.25) is 0 Å². The van der Waals surface area contributed by atoms with Crippen molar-refractivity contribution in [3.63, 3.8) is 0 Å². The average Bonchev–Trinajstić information content (AvgIpc) is 3.08. The molecule has 0 atom stereocenters. The van der Waals surface area contributed by atoms with Gasteiger partial charge < -0.3 is 4.57 Å². The first-order valence-corrected chi connectivity index (χ1v) is 9.73. The number of unbranched alkanes of at least 4 members (excludes halogenated alkanes) is 1. The second-order valence-corrected chi connectivity index (χ2v) is 7.12. The highest BCUT2D eigenvalue weighted by atomic mass is 15.1. The van der Waals surface area contributed by atoms with Crippen LogP contribution in [0.25, 0.3) is 44.0 Å². The summed E-state index contributed by atoms with van der Waals surface area (Å²) < 4.78 is 2.41. The lowest BCUT2D eigenvalue weighted by Gasteiger charge is -2.14. The van der Waals surface area contributed by atoms with E-state index >= 15 is 0 Å². The van der Waals surface area contributed by atoms with E-state index < -0.39 is 0 Å². The van der Waals surface area contributed by atoms with Gasteiger partial charge >= 0.3 is 0 Å². The van der Waals surface area contributed by atoms with Gasteiger partial charge in [0.2, 0.25) is 0 Å². The molecular weight excluding hydrogens is 328 g/mol. The molecule has 1 heterocycles. The van der Waals surface area contributed by atoms with E-state index in [4.69, 9.17) is 4.98 Å². The van der Waals surface area contributed by atoms with Crippen LogP contribution in [0.15, 0.2) is 78.9 Å². The fourth-order valence-electron chi connectivity index (χ4n) is 4.06. The number of rotatable bonds is 4. The minimum atomic E-state index is 0.990. The van der Waals surface area contributed by atoms with Crippen LogP contribution in [0.3, 0.4) is 0 Å². The molecule has 27 heavy (non-hydrogen) atoms. The molecule has 0 bridgehead atoms. The summed E-state index contributed by atoms with van der Waals surface area (Å²) in [6.45, 7) is 3.23. The minimum absolute atomic E-state index is 0.990. The average molecular weight is 350 g/mol. The molecule has 2 heteroatoms. The minimum Gasteiger partial charge on any atom is -0.324 e. The van der Waals surface area contributed by atoms with E-state index in [2.05, 4.69) is 90.4 Å². The number of para-hydroxylation sites is 2. The molecule has 0 unspecified atom stereocenters. The van der Waals surface area contributed by atoms with Crippen molar-refractivity contribution in [2.45, 2.75) is 26.3 Å². The number of imidazole rings is 1. The Hall–Kier alpha value is -3.13. The highest BCUT2D eigenvalue weighted by Gasteiger charge is 2.17. The number of aryl methyl sites for hydroxylation is 1. The van der Waals surface area contributed by atoms with Crippen molar-refractivity contribution in [1.82, 2.24) is 9.55 Å². The van der Waals surface area contributed by atoms with Gasteiger partial charge in [-0.3, -0.25) is 0 Å². The normalized spacial score (nSPS) is 11.6. The number of hydrogen-bond acceptors (Lipinski definition) is 1. The fourth-order valence-corrected chi connectivity index (χ4v) is 4.06. The monoisotopic (exact) mass is 350 g/mol. The highest BCUT2D eigenvalue weighted by molar-refractivity contribution is 6.12. The van der Waals surface area contributed by atoms with E-state index in [1.54, 1.807) is 0 Å². The molecule has 0 saturated heterocycles. The summed E-state index contributed by atoms with van der Waals surface area (Å²) in [5, 5.41) is 5.06. The Morgan fingerprint density at radius 1 is 0.778 bits per heavy atom. The first kappa shape index (κ1) is 16.1. The topological polar surface area (TPSA) is 17.8 Å². The lowest BCUT2D eigenvalue weighted by atomic mass is 9.96. The van der Waals surface area contributed by atoms with Crippen molar-refractivity contribution >= 4 is 32.6 Å². The molecule has 0 N–H and O–H groups in total. The summed E-state index contributed by atoms with van der Waals surface area (Å²) >= 11 is 0. The molecule has 1 aromatic heterocycles. The maximum atomic E-state index is 5.10. The number of fused-ring (bicyclic) bond motifs is 3. The summed E-state index contributed by atoms with van der Waals surface area (Å²) in [5.74, 6) is 1.08. The Morgan fingerprint density at radius 3 is 2.11 bits per heavy atom. The van der Waals surface area contributed by atoms with Crippen molar-refractivity contribution in [2.24, 2.45) is 0 Å². The number of hydrogen-bond donors (Lipinski definition) is 0. The van der Waals surface area contributed by atoms with E-state index in [-0.39, 0.29) is 0 Å². The van der Waals surface area contributed by atoms with E-state index in [0.717, 1.165) is 24.3 Å². The van der Waals surface area contributed by atoms with Crippen molar-refractivity contribution in [2.75, 3.05) is 0 Å². The molecule has 0 saturated carbocycles. The van der Waals surface area contributed by atoms with Gasteiger partial charge in [-0.25, -0.2) is 4.98 Å². The van der Waals surface area contributed by atoms with Crippen LogP contribution >= 0.6 is 0 Å². The van der Waals surface area contributed by atoms with E-state index in [0.29, 0.717) is 0 Å². The van der Waals surface area contributed by atoms with Crippen LogP contribution in [0.4, 0.5) is 0 Å². The van der Waals surface area contributed by atoms with Gasteiger partial charge in [-0.15, -0.1) is 0 Å². The molecule has 0 aliphatic carbocycles. The smallest absolute Gasteiger partial charge is 0.142 e. The lowest BCUT2D eigenvalue weighted by Crippen LogP contribution is -2.01. The Bertz CT molecular complexity index is 1210. The first-order valence-electron chi connectivity index (χ1n) is 9.73. The third-order valence-electron chi connectivity index (χ3n) is 5.38. The summed E-state index contributed by atoms with van der Waals surface area (Å²) in [5.41, 5.74) is 3.54. The summed E-state index contributed by atoms with van der Waals surface area (Å²) in [6.07, 6.45) is 2.32. The standard InChI is InChI=1S/C25H22N2/c1-2-3-16-27-23-15-9-8-14-22(23)26-25(27)24-20-12-6-4-10-18(20)17-19-11-5-7-13-21(19)24/h4-15,17H,2-3,16H2,1H3. The van der Waals surface area contributed by atoms with E-state index in [1.807, 2.05) is 0 Å². The maximum Gasteiger partial charge on any atom is 0.142 e. The molecule has 2 nitrogen and oxygen atoms in total. The molecule has 0 fully saturated rings. The van der Waals surface area contributed by atoms with Gasteiger partial charge in [-0.1, -0.05) is 74.0 Å². The van der Waals surface area contributed by atoms with Gasteiger partial charge in [0.1, 0.15) is 5.82 Å². The van der Waals surface area contributed by atoms with Crippen LogP contribution in [0.5, 0.6) is 0 Å². The van der Waals surface area contributed by atoms with E-state index in [9.17, 15) is 0 Å². The van der Waals surface area contributed by atoms with Crippen molar-refractivity contribution in [3.05, 3.63) is 78.9 Å². The zero-order chi connectivity index (χ0) is 18.2. The van der Waals surface area contributed by atoms with Crippen LogP contribution in [-0.2, 0) is 6.54 Å². The summed E-state index contributed by atoms with van der Waals surface area (Å²) in [6, 6.07) is 28.1. The largest absolute Gasteiger partial charge is 0.324 e. The van der Waals surface area contributed by atoms with Gasteiger partial charge in [0.15, 0.2) is 0 Å². The molecule has 0 aliphatic rings. The second-order valence-electron chi connectivity index (χ2n) is 7.12. The SMILES string of the molecule is CCCCn1c(-c2c3ccccc3cc3ccccc23)nc2ccccc21. The Balaban J connectivity index is 1.92. The summed E-state index contributed by atoms with van der Waals surface area (Å²) in [7, 11) is 0. The van der Waals surface area contributed by atoms with Crippen molar-refractivity contribution in [3.8, 4) is 11.4 Å². The fraction of sp³-hybridized carbons (Fsp3) is 0.160. The van der Waals surface area contributed by atoms with Crippen LogP contribution in [-0.4, -0.2) is 9.55 Å². The Morgan fingerprint density at radius 2 is 1.41 bits per heavy atom. The predicted molar refractivity (Wildman–Crippen MR) is 115 cm³/mol. The first-order chi connectivity index (χ1) is 13.4. The number of benzene rings is 4. The quantitative estimate of drug-likeness (QED) is 0.326. The zero-order valence-electron chi connectivity index (χ0n) is 15.5. The van der Waals surface area contributed by atoms with Crippen molar-refractivity contribution < 1.29 is 0 Å². The molecule has 5 rings (SSSR count). The van der Waals surface area contributed by atoms with Gasteiger partial charge in [0.05, 0.1) is 11.0 Å². The molecule has 5 aromatic rings. The Kier molecular flexibility index (Phi) is 3.90. The van der Waals surface area contributed by atoms with Crippen LogP contribution < -0.4 is 0 Å². The predicted octanol–water partition coefficient (Wildman–Crippen LogP) is 6.81. The van der Waals surface area contributed by atoms with Crippen LogP contribution in [0, 0.1) is 0 Å². The lowest BCUT2D eigenvalue weighted by molar-refractivity contribution is 0.651.